The molecule has 2 aliphatic rings. The molecule has 1 unspecified atom stereocenters. The van der Waals surface area contributed by atoms with E-state index in [0.29, 0.717) is 6.42 Å². The van der Waals surface area contributed by atoms with Crippen LogP contribution in [-0.2, 0) is 9.53 Å². The Bertz CT molecular complexity index is 564. The van der Waals surface area contributed by atoms with E-state index >= 15 is 0 Å². The molecule has 1 aromatic rings. The van der Waals surface area contributed by atoms with Gasteiger partial charge in [0.25, 0.3) is 0 Å². The van der Waals surface area contributed by atoms with E-state index in [1.165, 1.54) is 5.56 Å². The minimum Gasteiger partial charge on any atom is -0.487 e. The number of ketones is 1. The molecule has 0 amide bonds. The molecule has 1 aromatic carbocycles. The summed E-state index contributed by atoms with van der Waals surface area (Å²) in [5.74, 6) is 1.30. The van der Waals surface area contributed by atoms with E-state index in [0.717, 1.165) is 17.8 Å². The van der Waals surface area contributed by atoms with E-state index in [-0.39, 0.29) is 17.3 Å². The zero-order chi connectivity index (χ0) is 13.5. The summed E-state index contributed by atoms with van der Waals surface area (Å²) in [6.45, 7) is 4.04. The smallest absolute Gasteiger partial charge is 0.166 e. The highest BCUT2D eigenvalue weighted by Crippen LogP contribution is 2.39. The lowest BCUT2D eigenvalue weighted by atomic mass is 9.81. The Morgan fingerprint density at radius 1 is 1.16 bits per heavy atom. The highest BCUT2D eigenvalue weighted by atomic mass is 16.5. The molecule has 1 heterocycles. The summed E-state index contributed by atoms with van der Waals surface area (Å²) in [6.07, 6.45) is 5.30. The Morgan fingerprint density at radius 3 is 2.63 bits per heavy atom. The Hall–Kier alpha value is -1.83. The Labute approximate surface area is 113 Å². The molecule has 0 spiro atoms. The average molecular weight is 254 g/mol. The van der Waals surface area contributed by atoms with Gasteiger partial charge < -0.3 is 4.74 Å². The van der Waals surface area contributed by atoms with Gasteiger partial charge in [-0.2, -0.15) is 0 Å². The SMILES string of the molecule is CC1(C)C=CC2=C(CC(c3ccccc3)CC2=O)O1. The van der Waals surface area contributed by atoms with Gasteiger partial charge in [-0.05, 0) is 37.5 Å². The van der Waals surface area contributed by atoms with Gasteiger partial charge in [0, 0.05) is 12.8 Å². The van der Waals surface area contributed by atoms with Crippen LogP contribution in [0.4, 0.5) is 0 Å². The molecule has 1 aliphatic heterocycles. The zero-order valence-electron chi connectivity index (χ0n) is 11.3. The Balaban J connectivity index is 1.91. The molecule has 2 heteroatoms. The molecule has 2 nitrogen and oxygen atoms in total. The molecule has 0 saturated carbocycles. The number of hydrogen-bond acceptors (Lipinski definition) is 2. The van der Waals surface area contributed by atoms with Gasteiger partial charge in [-0.25, -0.2) is 0 Å². The van der Waals surface area contributed by atoms with Crippen LogP contribution < -0.4 is 0 Å². The van der Waals surface area contributed by atoms with Crippen LogP contribution in [0.25, 0.3) is 0 Å². The van der Waals surface area contributed by atoms with Crippen molar-refractivity contribution in [2.75, 3.05) is 0 Å². The van der Waals surface area contributed by atoms with Gasteiger partial charge >= 0.3 is 0 Å². The summed E-state index contributed by atoms with van der Waals surface area (Å²) in [5, 5.41) is 0. The number of carbonyl (C=O) groups is 1. The minimum atomic E-state index is -0.308. The van der Waals surface area contributed by atoms with Crippen molar-refractivity contribution in [3.05, 3.63) is 59.4 Å². The summed E-state index contributed by atoms with van der Waals surface area (Å²) in [7, 11) is 0. The third-order valence-electron chi connectivity index (χ3n) is 3.77. The van der Waals surface area contributed by atoms with E-state index < -0.39 is 0 Å². The predicted molar refractivity (Wildman–Crippen MR) is 74.8 cm³/mol. The number of Topliss-reactive ketones (excluding diaryl/α,β-unsaturated/α-hetero) is 1. The molecule has 19 heavy (non-hydrogen) atoms. The van der Waals surface area contributed by atoms with Crippen molar-refractivity contribution in [2.24, 2.45) is 0 Å². The standard InChI is InChI=1S/C17H18O2/c1-17(2)9-8-14-15(18)10-13(11-16(14)19-17)12-6-4-3-5-7-12/h3-9,13H,10-11H2,1-2H3. The number of rotatable bonds is 1. The van der Waals surface area contributed by atoms with Crippen LogP contribution in [0.2, 0.25) is 0 Å². The molecule has 0 fully saturated rings. The summed E-state index contributed by atoms with van der Waals surface area (Å²) >= 11 is 0. The van der Waals surface area contributed by atoms with Crippen LogP contribution in [0.15, 0.2) is 53.8 Å². The van der Waals surface area contributed by atoms with Crippen LogP contribution in [0.1, 0.15) is 38.2 Å². The monoisotopic (exact) mass is 254 g/mol. The van der Waals surface area contributed by atoms with Crippen LogP contribution in [0, 0.1) is 0 Å². The van der Waals surface area contributed by atoms with Gasteiger partial charge in [-0.3, -0.25) is 4.79 Å². The molecular weight excluding hydrogens is 236 g/mol. The summed E-state index contributed by atoms with van der Waals surface area (Å²) in [4.78, 5) is 12.2. The largest absolute Gasteiger partial charge is 0.487 e. The lowest BCUT2D eigenvalue weighted by Gasteiger charge is -2.34. The van der Waals surface area contributed by atoms with Crippen LogP contribution in [0.3, 0.4) is 0 Å². The molecule has 0 N–H and O–H groups in total. The quantitative estimate of drug-likeness (QED) is 0.763. The normalized spacial score (nSPS) is 24.9. The van der Waals surface area contributed by atoms with Crippen molar-refractivity contribution in [1.82, 2.24) is 0 Å². The van der Waals surface area contributed by atoms with Crippen LogP contribution in [0.5, 0.6) is 0 Å². The molecule has 1 atom stereocenters. The first-order chi connectivity index (χ1) is 9.05. The van der Waals surface area contributed by atoms with Gasteiger partial charge in [0.2, 0.25) is 0 Å². The molecule has 0 radical (unpaired) electrons. The predicted octanol–water partition coefficient (Wildman–Crippen LogP) is 3.75. The summed E-state index contributed by atoms with van der Waals surface area (Å²) < 4.78 is 5.97. The highest BCUT2D eigenvalue weighted by molar-refractivity contribution is 6.00. The van der Waals surface area contributed by atoms with E-state index in [2.05, 4.69) is 12.1 Å². The summed E-state index contributed by atoms with van der Waals surface area (Å²) in [5.41, 5.74) is 1.68. The van der Waals surface area contributed by atoms with E-state index in [4.69, 9.17) is 4.74 Å². The zero-order valence-corrected chi connectivity index (χ0v) is 11.3. The van der Waals surface area contributed by atoms with Crippen molar-refractivity contribution < 1.29 is 9.53 Å². The number of carbonyl (C=O) groups excluding carboxylic acids is 1. The fourth-order valence-corrected chi connectivity index (χ4v) is 2.77. The third-order valence-corrected chi connectivity index (χ3v) is 3.77. The molecule has 0 bridgehead atoms. The van der Waals surface area contributed by atoms with Crippen molar-refractivity contribution in [3.63, 3.8) is 0 Å². The second-order valence-electron chi connectivity index (χ2n) is 5.81. The van der Waals surface area contributed by atoms with E-state index in [1.54, 1.807) is 0 Å². The first kappa shape index (κ1) is 12.2. The number of benzene rings is 1. The fourth-order valence-electron chi connectivity index (χ4n) is 2.77. The van der Waals surface area contributed by atoms with Gasteiger partial charge in [0.05, 0.1) is 5.57 Å². The number of ether oxygens (including phenoxy) is 1. The van der Waals surface area contributed by atoms with Crippen molar-refractivity contribution in [2.45, 2.75) is 38.2 Å². The molecule has 98 valence electrons. The lowest BCUT2D eigenvalue weighted by Crippen LogP contribution is -2.29. The fraction of sp³-hybridized carbons (Fsp3) is 0.353. The lowest BCUT2D eigenvalue weighted by molar-refractivity contribution is -0.116. The molecule has 3 rings (SSSR count). The topological polar surface area (TPSA) is 26.3 Å². The maximum atomic E-state index is 12.2. The van der Waals surface area contributed by atoms with Crippen LogP contribution in [-0.4, -0.2) is 11.4 Å². The van der Waals surface area contributed by atoms with E-state index in [9.17, 15) is 4.79 Å². The number of allylic oxidation sites excluding steroid dienone is 3. The maximum absolute atomic E-state index is 12.2. The molecule has 0 aromatic heterocycles. The van der Waals surface area contributed by atoms with Crippen molar-refractivity contribution in [1.29, 1.82) is 0 Å². The van der Waals surface area contributed by atoms with E-state index in [1.807, 2.05) is 44.2 Å². The summed E-state index contributed by atoms with van der Waals surface area (Å²) in [6, 6.07) is 10.2. The number of hydrogen-bond donors (Lipinski definition) is 0. The van der Waals surface area contributed by atoms with Gasteiger partial charge in [-0.1, -0.05) is 30.3 Å². The Morgan fingerprint density at radius 2 is 1.89 bits per heavy atom. The average Bonchev–Trinajstić information content (AvgIpc) is 2.38. The first-order valence-corrected chi connectivity index (χ1v) is 6.75. The highest BCUT2D eigenvalue weighted by Gasteiger charge is 2.33. The maximum Gasteiger partial charge on any atom is 0.166 e. The van der Waals surface area contributed by atoms with Crippen molar-refractivity contribution in [3.8, 4) is 0 Å². The first-order valence-electron chi connectivity index (χ1n) is 6.75. The van der Waals surface area contributed by atoms with Crippen LogP contribution >= 0.6 is 0 Å². The van der Waals surface area contributed by atoms with Gasteiger partial charge in [-0.15, -0.1) is 0 Å². The minimum absolute atomic E-state index is 0.196. The second kappa shape index (κ2) is 4.37. The third kappa shape index (κ3) is 2.35. The molecule has 0 saturated heterocycles. The Kier molecular flexibility index (Phi) is 2.81. The van der Waals surface area contributed by atoms with Crippen molar-refractivity contribution >= 4 is 5.78 Å². The molecule has 1 aliphatic carbocycles. The van der Waals surface area contributed by atoms with Gasteiger partial charge in [0.15, 0.2) is 5.78 Å². The van der Waals surface area contributed by atoms with Gasteiger partial charge in [0.1, 0.15) is 11.4 Å². The molecular formula is C17H18O2. The second-order valence-corrected chi connectivity index (χ2v) is 5.81.